The summed E-state index contributed by atoms with van der Waals surface area (Å²) in [4.78, 5) is 11.3. The Labute approximate surface area is 146 Å². The molecule has 0 radical (unpaired) electrons. The zero-order chi connectivity index (χ0) is 17.9. The van der Waals surface area contributed by atoms with Gasteiger partial charge in [-0.15, -0.1) is 0 Å². The van der Waals surface area contributed by atoms with E-state index >= 15 is 0 Å². The first-order chi connectivity index (χ1) is 11.2. The number of anilines is 2. The number of alkyl halides is 3. The lowest BCUT2D eigenvalue weighted by molar-refractivity contribution is -0.136. The van der Waals surface area contributed by atoms with Gasteiger partial charge in [0.05, 0.1) is 11.3 Å². The van der Waals surface area contributed by atoms with Crippen molar-refractivity contribution in [3.63, 3.8) is 0 Å². The standard InChI is InChI=1S/C16H12ClF3N2OS/c1-9(23)10-3-2-4-12(7-10)21-15(24)22-14-6-5-11(17)8-13(14)16(18,19)20/h2-8H,1H3,(H2,21,22,24). The maximum atomic E-state index is 13.0. The van der Waals surface area contributed by atoms with Crippen molar-refractivity contribution in [1.82, 2.24) is 0 Å². The van der Waals surface area contributed by atoms with Gasteiger partial charge in [-0.1, -0.05) is 23.7 Å². The summed E-state index contributed by atoms with van der Waals surface area (Å²) in [6.07, 6.45) is -4.57. The Kier molecular flexibility index (Phi) is 5.46. The van der Waals surface area contributed by atoms with Crippen molar-refractivity contribution in [2.75, 3.05) is 10.6 Å². The second kappa shape index (κ2) is 7.19. The van der Waals surface area contributed by atoms with Crippen LogP contribution in [0, 0.1) is 0 Å². The first-order valence-corrected chi connectivity index (χ1v) is 7.51. The summed E-state index contributed by atoms with van der Waals surface area (Å²) in [6.45, 7) is 1.42. The molecule has 24 heavy (non-hydrogen) atoms. The van der Waals surface area contributed by atoms with E-state index in [9.17, 15) is 18.0 Å². The Morgan fingerprint density at radius 3 is 2.46 bits per heavy atom. The molecule has 0 unspecified atom stereocenters. The fraction of sp³-hybridized carbons (Fsp3) is 0.125. The molecule has 0 aromatic heterocycles. The van der Waals surface area contributed by atoms with E-state index in [1.807, 2.05) is 0 Å². The molecule has 126 valence electrons. The number of carbonyl (C=O) groups is 1. The molecule has 0 aliphatic carbocycles. The normalized spacial score (nSPS) is 11.0. The van der Waals surface area contributed by atoms with Crippen LogP contribution in [-0.2, 0) is 6.18 Å². The summed E-state index contributed by atoms with van der Waals surface area (Å²) in [5.74, 6) is -0.130. The minimum atomic E-state index is -4.57. The largest absolute Gasteiger partial charge is 0.418 e. The molecule has 2 N–H and O–H groups in total. The van der Waals surface area contributed by atoms with Crippen LogP contribution in [0.4, 0.5) is 24.5 Å². The van der Waals surface area contributed by atoms with Gasteiger partial charge in [-0.3, -0.25) is 4.79 Å². The van der Waals surface area contributed by atoms with Gasteiger partial charge >= 0.3 is 6.18 Å². The van der Waals surface area contributed by atoms with Crippen LogP contribution in [0.3, 0.4) is 0 Å². The highest BCUT2D eigenvalue weighted by atomic mass is 35.5. The lowest BCUT2D eigenvalue weighted by Crippen LogP contribution is -2.21. The Hall–Kier alpha value is -2.12. The van der Waals surface area contributed by atoms with Crippen molar-refractivity contribution in [2.45, 2.75) is 13.1 Å². The quantitative estimate of drug-likeness (QED) is 0.561. The van der Waals surface area contributed by atoms with E-state index in [0.717, 1.165) is 6.07 Å². The van der Waals surface area contributed by atoms with Gasteiger partial charge in [-0.25, -0.2) is 0 Å². The molecule has 8 heteroatoms. The van der Waals surface area contributed by atoms with Crippen LogP contribution in [0.5, 0.6) is 0 Å². The number of halogens is 4. The summed E-state index contributed by atoms with van der Waals surface area (Å²) in [7, 11) is 0. The zero-order valence-electron chi connectivity index (χ0n) is 12.4. The molecule has 0 amide bonds. The first kappa shape index (κ1) is 18.2. The lowest BCUT2D eigenvalue weighted by atomic mass is 10.1. The number of hydrogen-bond acceptors (Lipinski definition) is 2. The summed E-state index contributed by atoms with van der Waals surface area (Å²) >= 11 is 10.7. The fourth-order valence-electron chi connectivity index (χ4n) is 1.96. The maximum absolute atomic E-state index is 13.0. The first-order valence-electron chi connectivity index (χ1n) is 6.72. The molecule has 0 bridgehead atoms. The predicted molar refractivity (Wildman–Crippen MR) is 92.7 cm³/mol. The van der Waals surface area contributed by atoms with Crippen molar-refractivity contribution in [3.8, 4) is 0 Å². The van der Waals surface area contributed by atoms with Gasteiger partial charge in [0.1, 0.15) is 0 Å². The van der Waals surface area contributed by atoms with Gasteiger partial charge in [-0.2, -0.15) is 13.2 Å². The van der Waals surface area contributed by atoms with Crippen LogP contribution in [0.2, 0.25) is 5.02 Å². The molecule has 0 heterocycles. The molecule has 2 aromatic carbocycles. The number of Topliss-reactive ketones (excluding diaryl/α,β-unsaturated/α-hetero) is 1. The van der Waals surface area contributed by atoms with Gasteiger partial charge in [0.15, 0.2) is 10.9 Å². The number of carbonyl (C=O) groups excluding carboxylic acids is 1. The average Bonchev–Trinajstić information content (AvgIpc) is 2.48. The number of benzene rings is 2. The van der Waals surface area contributed by atoms with Crippen LogP contribution in [0.15, 0.2) is 42.5 Å². The van der Waals surface area contributed by atoms with E-state index in [0.29, 0.717) is 11.3 Å². The molecule has 0 atom stereocenters. The lowest BCUT2D eigenvalue weighted by Gasteiger charge is -2.16. The Morgan fingerprint density at radius 1 is 1.12 bits per heavy atom. The number of hydrogen-bond donors (Lipinski definition) is 2. The van der Waals surface area contributed by atoms with Crippen LogP contribution in [0.1, 0.15) is 22.8 Å². The van der Waals surface area contributed by atoms with Crippen LogP contribution >= 0.6 is 23.8 Å². The molecule has 0 aliphatic rings. The van der Waals surface area contributed by atoms with Crippen molar-refractivity contribution < 1.29 is 18.0 Å². The highest BCUT2D eigenvalue weighted by molar-refractivity contribution is 7.80. The van der Waals surface area contributed by atoms with Crippen LogP contribution < -0.4 is 10.6 Å². The van der Waals surface area contributed by atoms with E-state index in [1.165, 1.54) is 19.1 Å². The topological polar surface area (TPSA) is 41.1 Å². The van der Waals surface area contributed by atoms with Crippen molar-refractivity contribution in [2.24, 2.45) is 0 Å². The maximum Gasteiger partial charge on any atom is 0.418 e. The van der Waals surface area contributed by atoms with Crippen molar-refractivity contribution in [1.29, 1.82) is 0 Å². The third kappa shape index (κ3) is 4.69. The molecule has 0 spiro atoms. The summed E-state index contributed by atoms with van der Waals surface area (Å²) < 4.78 is 39.1. The molecule has 2 aromatic rings. The summed E-state index contributed by atoms with van der Waals surface area (Å²) in [5, 5.41) is 5.18. The van der Waals surface area contributed by atoms with Gasteiger partial charge in [0.2, 0.25) is 0 Å². The van der Waals surface area contributed by atoms with Crippen molar-refractivity contribution >= 4 is 46.1 Å². The molecule has 2 rings (SSSR count). The monoisotopic (exact) mass is 372 g/mol. The number of thiocarbonyl (C=S) groups is 1. The zero-order valence-corrected chi connectivity index (χ0v) is 13.9. The Bertz CT molecular complexity index is 793. The number of ketones is 1. The van der Waals surface area contributed by atoms with Crippen LogP contribution in [0.25, 0.3) is 0 Å². The number of nitrogens with one attached hydrogen (secondary N) is 2. The van der Waals surface area contributed by atoms with E-state index in [2.05, 4.69) is 10.6 Å². The van der Waals surface area contributed by atoms with Crippen molar-refractivity contribution in [3.05, 3.63) is 58.6 Å². The minimum absolute atomic E-state index is 0.0269. The fourth-order valence-corrected chi connectivity index (χ4v) is 2.36. The predicted octanol–water partition coefficient (Wildman–Crippen LogP) is 5.37. The molecular formula is C16H12ClF3N2OS. The second-order valence-electron chi connectivity index (χ2n) is 4.90. The molecule has 0 aliphatic heterocycles. The minimum Gasteiger partial charge on any atom is -0.332 e. The van der Waals surface area contributed by atoms with E-state index in [1.54, 1.807) is 24.3 Å². The van der Waals surface area contributed by atoms with E-state index in [-0.39, 0.29) is 21.6 Å². The van der Waals surface area contributed by atoms with Gasteiger partial charge in [0.25, 0.3) is 0 Å². The second-order valence-corrected chi connectivity index (χ2v) is 5.75. The van der Waals surface area contributed by atoms with Gasteiger partial charge in [0, 0.05) is 16.3 Å². The summed E-state index contributed by atoms with van der Waals surface area (Å²) in [5.41, 5.74) is -0.184. The van der Waals surface area contributed by atoms with Crippen LogP contribution in [-0.4, -0.2) is 10.9 Å². The SMILES string of the molecule is CC(=O)c1cccc(NC(=S)Nc2ccc(Cl)cc2C(F)(F)F)c1. The molecule has 0 saturated heterocycles. The average molecular weight is 373 g/mol. The highest BCUT2D eigenvalue weighted by Gasteiger charge is 2.34. The smallest absolute Gasteiger partial charge is 0.332 e. The number of rotatable bonds is 3. The third-order valence-electron chi connectivity index (χ3n) is 3.06. The third-order valence-corrected chi connectivity index (χ3v) is 3.50. The molecule has 0 saturated carbocycles. The highest BCUT2D eigenvalue weighted by Crippen LogP contribution is 2.36. The Morgan fingerprint density at radius 2 is 1.83 bits per heavy atom. The van der Waals surface area contributed by atoms with E-state index in [4.69, 9.17) is 23.8 Å². The van der Waals surface area contributed by atoms with E-state index < -0.39 is 11.7 Å². The summed E-state index contributed by atoms with van der Waals surface area (Å²) in [6, 6.07) is 9.83. The molecule has 3 nitrogen and oxygen atoms in total. The molecular weight excluding hydrogens is 361 g/mol. The van der Waals surface area contributed by atoms with Gasteiger partial charge < -0.3 is 10.6 Å². The van der Waals surface area contributed by atoms with Gasteiger partial charge in [-0.05, 0) is 49.5 Å². The Balaban J connectivity index is 2.19. The molecule has 0 fully saturated rings.